The first-order valence-electron chi connectivity index (χ1n) is 7.95. The van der Waals surface area contributed by atoms with Crippen LogP contribution in [-0.2, 0) is 6.61 Å². The van der Waals surface area contributed by atoms with Crippen molar-refractivity contribution in [2.45, 2.75) is 26.6 Å². The lowest BCUT2D eigenvalue weighted by atomic mass is 10.2. The van der Waals surface area contributed by atoms with E-state index in [0.29, 0.717) is 6.61 Å². The van der Waals surface area contributed by atoms with Gasteiger partial charge < -0.3 is 14.8 Å². The summed E-state index contributed by atoms with van der Waals surface area (Å²) in [5.41, 5.74) is 2.16. The van der Waals surface area contributed by atoms with Crippen molar-refractivity contribution in [2.24, 2.45) is 4.99 Å². The van der Waals surface area contributed by atoms with Gasteiger partial charge in [-0.2, -0.15) is 0 Å². The highest BCUT2D eigenvalue weighted by molar-refractivity contribution is 5.87. The minimum absolute atomic E-state index is 0.0828. The third-order valence-electron chi connectivity index (χ3n) is 3.86. The molecule has 0 aromatic heterocycles. The van der Waals surface area contributed by atoms with Crippen molar-refractivity contribution in [1.29, 1.82) is 0 Å². The highest BCUT2D eigenvalue weighted by Crippen LogP contribution is 2.29. The molecular weight excluding hydrogens is 288 g/mol. The van der Waals surface area contributed by atoms with E-state index >= 15 is 0 Å². The second-order valence-corrected chi connectivity index (χ2v) is 5.61. The number of aliphatic imine (C=N–C) groups is 1. The third kappa shape index (κ3) is 3.83. The van der Waals surface area contributed by atoms with E-state index in [4.69, 9.17) is 9.47 Å². The number of ether oxygens (including phenoxy) is 2. The minimum Gasteiger partial charge on any atom is -0.488 e. The van der Waals surface area contributed by atoms with E-state index in [2.05, 4.69) is 22.4 Å². The predicted molar refractivity (Wildman–Crippen MR) is 92.3 cm³/mol. The first-order chi connectivity index (χ1) is 11.2. The van der Waals surface area contributed by atoms with E-state index in [1.54, 1.807) is 0 Å². The van der Waals surface area contributed by atoms with Gasteiger partial charge in [0.15, 0.2) is 6.10 Å². The van der Waals surface area contributed by atoms with Gasteiger partial charge in [-0.15, -0.1) is 0 Å². The van der Waals surface area contributed by atoms with Crippen molar-refractivity contribution in [1.82, 2.24) is 5.32 Å². The van der Waals surface area contributed by atoms with E-state index in [-0.39, 0.29) is 6.10 Å². The Morgan fingerprint density at radius 2 is 1.87 bits per heavy atom. The van der Waals surface area contributed by atoms with Crippen LogP contribution >= 0.6 is 0 Å². The molecule has 4 heteroatoms. The normalized spacial score (nSPS) is 14.8. The summed E-state index contributed by atoms with van der Waals surface area (Å²) < 4.78 is 12.0. The van der Waals surface area contributed by atoms with Gasteiger partial charge in [0.2, 0.25) is 0 Å². The van der Waals surface area contributed by atoms with Gasteiger partial charge in [-0.3, -0.25) is 4.99 Å². The molecule has 1 aliphatic heterocycles. The molecule has 120 valence electrons. The number of rotatable bonds is 6. The zero-order chi connectivity index (χ0) is 16.1. The van der Waals surface area contributed by atoms with Crippen LogP contribution in [0.4, 0.5) is 0 Å². The van der Waals surface area contributed by atoms with Crippen LogP contribution in [0.3, 0.4) is 0 Å². The summed E-state index contributed by atoms with van der Waals surface area (Å²) >= 11 is 0. The molecule has 2 aromatic carbocycles. The second-order valence-electron chi connectivity index (χ2n) is 5.61. The minimum atomic E-state index is -0.0828. The number of nitrogens with zero attached hydrogens (tertiary/aromatic N) is 1. The molecule has 0 radical (unpaired) electrons. The van der Waals surface area contributed by atoms with Gasteiger partial charge in [0.05, 0.1) is 6.54 Å². The molecule has 0 amide bonds. The van der Waals surface area contributed by atoms with E-state index in [9.17, 15) is 0 Å². The largest absolute Gasteiger partial charge is 0.488 e. The average molecular weight is 310 g/mol. The maximum atomic E-state index is 6.05. The Balaban J connectivity index is 1.68. The van der Waals surface area contributed by atoms with E-state index in [1.807, 2.05) is 50.2 Å². The average Bonchev–Trinajstić information content (AvgIpc) is 3.11. The zero-order valence-corrected chi connectivity index (χ0v) is 13.6. The standard InChI is InChI=1S/C19H22N2O2/c1-14-17(22-13-16-7-4-3-5-8-16)9-6-10-18(14)23-15(2)19-20-11-12-21-19/h3-10,15H,11-13H2,1-2H3,(H,20,21). The van der Waals surface area contributed by atoms with Crippen LogP contribution in [0.25, 0.3) is 0 Å². The highest BCUT2D eigenvalue weighted by atomic mass is 16.5. The molecule has 23 heavy (non-hydrogen) atoms. The van der Waals surface area contributed by atoms with Crippen LogP contribution in [0.5, 0.6) is 11.5 Å². The Labute approximate surface area is 137 Å². The van der Waals surface area contributed by atoms with Crippen LogP contribution in [0.2, 0.25) is 0 Å². The molecular formula is C19H22N2O2. The summed E-state index contributed by atoms with van der Waals surface area (Å²) in [4.78, 5) is 4.41. The van der Waals surface area contributed by atoms with E-state index in [0.717, 1.165) is 41.6 Å². The second kappa shape index (κ2) is 7.18. The maximum Gasteiger partial charge on any atom is 0.152 e. The number of amidine groups is 1. The van der Waals surface area contributed by atoms with Gasteiger partial charge >= 0.3 is 0 Å². The quantitative estimate of drug-likeness (QED) is 0.890. The molecule has 0 fully saturated rings. The summed E-state index contributed by atoms with van der Waals surface area (Å²) in [7, 11) is 0. The van der Waals surface area contributed by atoms with E-state index < -0.39 is 0 Å². The van der Waals surface area contributed by atoms with Gasteiger partial charge in [0.1, 0.15) is 23.9 Å². The van der Waals surface area contributed by atoms with Gasteiger partial charge in [0, 0.05) is 12.1 Å². The van der Waals surface area contributed by atoms with E-state index in [1.165, 1.54) is 0 Å². The lowest BCUT2D eigenvalue weighted by Gasteiger charge is -2.18. The summed E-state index contributed by atoms with van der Waals surface area (Å²) in [6, 6.07) is 16.1. The zero-order valence-electron chi connectivity index (χ0n) is 13.6. The molecule has 1 unspecified atom stereocenters. The van der Waals surface area contributed by atoms with Gasteiger partial charge in [-0.1, -0.05) is 36.4 Å². The fraction of sp³-hybridized carbons (Fsp3) is 0.316. The van der Waals surface area contributed by atoms with Crippen LogP contribution in [0.1, 0.15) is 18.1 Å². The molecule has 0 bridgehead atoms. The molecule has 0 spiro atoms. The molecule has 1 aliphatic rings. The topological polar surface area (TPSA) is 42.9 Å². The highest BCUT2D eigenvalue weighted by Gasteiger charge is 2.17. The van der Waals surface area contributed by atoms with Crippen molar-refractivity contribution in [2.75, 3.05) is 13.1 Å². The molecule has 1 atom stereocenters. The monoisotopic (exact) mass is 310 g/mol. The molecule has 4 nitrogen and oxygen atoms in total. The van der Waals surface area contributed by atoms with Gasteiger partial charge in [0.25, 0.3) is 0 Å². The third-order valence-corrected chi connectivity index (χ3v) is 3.86. The lowest BCUT2D eigenvalue weighted by Crippen LogP contribution is -2.33. The Bertz CT molecular complexity index is 683. The molecule has 0 saturated carbocycles. The van der Waals surface area contributed by atoms with Crippen molar-refractivity contribution >= 4 is 5.84 Å². The van der Waals surface area contributed by atoms with Crippen LogP contribution < -0.4 is 14.8 Å². The summed E-state index contributed by atoms with van der Waals surface area (Å²) in [5.74, 6) is 2.60. The first-order valence-corrected chi connectivity index (χ1v) is 7.95. The molecule has 3 rings (SSSR count). The van der Waals surface area contributed by atoms with Gasteiger partial charge in [-0.25, -0.2) is 0 Å². The van der Waals surface area contributed by atoms with Crippen molar-refractivity contribution < 1.29 is 9.47 Å². The first kappa shape index (κ1) is 15.4. The Hall–Kier alpha value is -2.49. The van der Waals surface area contributed by atoms with Crippen molar-refractivity contribution in [3.05, 3.63) is 59.7 Å². The fourth-order valence-corrected chi connectivity index (χ4v) is 2.55. The molecule has 1 heterocycles. The fourth-order valence-electron chi connectivity index (χ4n) is 2.55. The Morgan fingerprint density at radius 3 is 2.61 bits per heavy atom. The molecule has 1 N–H and O–H groups in total. The smallest absolute Gasteiger partial charge is 0.152 e. The number of benzene rings is 2. The molecule has 0 aliphatic carbocycles. The molecule has 0 saturated heterocycles. The Morgan fingerprint density at radius 1 is 1.09 bits per heavy atom. The summed E-state index contributed by atoms with van der Waals surface area (Å²) in [5, 5.41) is 3.25. The SMILES string of the molecule is Cc1c(OCc2ccccc2)cccc1OC(C)C1=NCCN1. The van der Waals surface area contributed by atoms with Gasteiger partial charge in [-0.05, 0) is 31.5 Å². The number of nitrogens with one attached hydrogen (secondary N) is 1. The van der Waals surface area contributed by atoms with Crippen LogP contribution in [0.15, 0.2) is 53.5 Å². The Kier molecular flexibility index (Phi) is 4.81. The number of hydrogen-bond donors (Lipinski definition) is 1. The van der Waals surface area contributed by atoms with Crippen molar-refractivity contribution in [3.63, 3.8) is 0 Å². The number of hydrogen-bond acceptors (Lipinski definition) is 4. The van der Waals surface area contributed by atoms with Crippen LogP contribution in [-0.4, -0.2) is 25.0 Å². The summed E-state index contributed by atoms with van der Waals surface area (Å²) in [6.07, 6.45) is -0.0828. The maximum absolute atomic E-state index is 6.05. The van der Waals surface area contributed by atoms with Crippen molar-refractivity contribution in [3.8, 4) is 11.5 Å². The predicted octanol–water partition coefficient (Wildman–Crippen LogP) is 3.34. The summed E-state index contributed by atoms with van der Waals surface area (Å²) in [6.45, 7) is 6.29. The lowest BCUT2D eigenvalue weighted by molar-refractivity contribution is 0.272. The van der Waals surface area contributed by atoms with Crippen LogP contribution in [0, 0.1) is 6.92 Å². The molecule has 2 aromatic rings.